The van der Waals surface area contributed by atoms with Crippen LogP contribution in [0.15, 0.2) is 12.3 Å². The summed E-state index contributed by atoms with van der Waals surface area (Å²) < 4.78 is 1.86. The summed E-state index contributed by atoms with van der Waals surface area (Å²) in [5, 5.41) is 1.98. The van der Waals surface area contributed by atoms with Crippen molar-refractivity contribution < 1.29 is 0 Å². The van der Waals surface area contributed by atoms with Crippen molar-refractivity contribution >= 4 is 40.1 Å². The number of nitrogen functional groups attached to an aromatic ring is 1. The molecule has 0 atom stereocenters. The van der Waals surface area contributed by atoms with Crippen molar-refractivity contribution in [2.24, 2.45) is 0 Å². The summed E-state index contributed by atoms with van der Waals surface area (Å²) in [6.07, 6.45) is 1.72. The number of aromatic nitrogens is 1. The molecule has 6 heteroatoms. The lowest BCUT2D eigenvalue weighted by Gasteiger charge is -2.22. The molecule has 0 saturated heterocycles. The van der Waals surface area contributed by atoms with Crippen LogP contribution in [0.25, 0.3) is 0 Å². The van der Waals surface area contributed by atoms with Gasteiger partial charge in [0.05, 0.1) is 28.6 Å². The first-order valence-electron chi connectivity index (χ1n) is 4.37. The molecule has 76 valence electrons. The van der Waals surface area contributed by atoms with E-state index in [2.05, 4.69) is 47.2 Å². The summed E-state index contributed by atoms with van der Waals surface area (Å²) in [6.45, 7) is 4.19. The third kappa shape index (κ3) is 1.38. The number of nitrogens with zero attached hydrogens (tertiary/aromatic N) is 3. The fraction of sp³-hybridized carbons (Fsp3) is 0.375. The molecule has 3 N–H and O–H groups in total. The van der Waals surface area contributed by atoms with Gasteiger partial charge in [-0.2, -0.15) is 0 Å². The Morgan fingerprint density at radius 3 is 2.93 bits per heavy atom. The van der Waals surface area contributed by atoms with Crippen LogP contribution in [0, 0.1) is 0 Å². The minimum absolute atomic E-state index is 0.336. The molecule has 14 heavy (non-hydrogen) atoms. The molecule has 0 saturated carbocycles. The molecule has 1 aliphatic heterocycles. The van der Waals surface area contributed by atoms with E-state index in [4.69, 9.17) is 5.73 Å². The highest BCUT2D eigenvalue weighted by atomic mass is 127. The van der Waals surface area contributed by atoms with Crippen LogP contribution in [0.2, 0.25) is 0 Å². The second kappa shape index (κ2) is 3.43. The molecule has 1 aliphatic rings. The summed E-state index contributed by atoms with van der Waals surface area (Å²) >= 11 is 2.16. The van der Waals surface area contributed by atoms with E-state index in [0.717, 1.165) is 17.2 Å². The molecule has 5 nitrogen and oxygen atoms in total. The Morgan fingerprint density at radius 1 is 1.57 bits per heavy atom. The Kier molecular flexibility index (Phi) is 2.40. The van der Waals surface area contributed by atoms with Crippen LogP contribution >= 0.6 is 22.9 Å². The zero-order chi connectivity index (χ0) is 10.3. The van der Waals surface area contributed by atoms with Crippen LogP contribution in [-0.2, 0) is 0 Å². The van der Waals surface area contributed by atoms with Crippen LogP contribution in [0.5, 0.6) is 0 Å². The van der Waals surface area contributed by atoms with Crippen LogP contribution in [0.4, 0.5) is 17.2 Å². The molecule has 1 aromatic heterocycles. The van der Waals surface area contributed by atoms with Gasteiger partial charge in [0.25, 0.3) is 0 Å². The number of hydrazine groups is 2. The number of halogens is 1. The van der Waals surface area contributed by atoms with Crippen molar-refractivity contribution in [3.8, 4) is 0 Å². The molecule has 0 amide bonds. The molecular formula is C8H12IN5. The second-order valence-corrected chi connectivity index (χ2v) is 4.38. The highest BCUT2D eigenvalue weighted by molar-refractivity contribution is 14.1. The van der Waals surface area contributed by atoms with Gasteiger partial charge in [0.2, 0.25) is 0 Å². The average molecular weight is 305 g/mol. The predicted octanol–water partition coefficient (Wildman–Crippen LogP) is 1.47. The minimum atomic E-state index is 0.336. The number of fused-ring (bicyclic) bond motifs is 1. The van der Waals surface area contributed by atoms with Crippen molar-refractivity contribution in [2.45, 2.75) is 19.9 Å². The van der Waals surface area contributed by atoms with Gasteiger partial charge >= 0.3 is 0 Å². The predicted molar refractivity (Wildman–Crippen MR) is 65.9 cm³/mol. The summed E-state index contributed by atoms with van der Waals surface area (Å²) in [5.74, 6) is 0.884. The van der Waals surface area contributed by atoms with Crippen molar-refractivity contribution in [3.05, 3.63) is 12.3 Å². The maximum atomic E-state index is 5.87. The van der Waals surface area contributed by atoms with Gasteiger partial charge < -0.3 is 5.73 Å². The number of hydrogen-bond donors (Lipinski definition) is 2. The highest BCUT2D eigenvalue weighted by Gasteiger charge is 2.29. The Labute approximate surface area is 96.7 Å². The number of rotatable bonds is 1. The number of nitrogens with one attached hydrogen (secondary N) is 1. The maximum Gasteiger partial charge on any atom is 0.172 e. The zero-order valence-electron chi connectivity index (χ0n) is 8.03. The third-order valence-corrected chi connectivity index (χ3v) is 2.77. The number of nitrogens with two attached hydrogens (primary N) is 1. The first kappa shape index (κ1) is 9.78. The first-order valence-corrected chi connectivity index (χ1v) is 5.33. The summed E-state index contributed by atoms with van der Waals surface area (Å²) in [5.41, 5.74) is 10.7. The van der Waals surface area contributed by atoms with Crippen molar-refractivity contribution in [1.82, 2.24) is 10.5 Å². The van der Waals surface area contributed by atoms with Gasteiger partial charge in [-0.25, -0.2) is 8.21 Å². The Bertz CT molecular complexity index is 354. The lowest BCUT2D eigenvalue weighted by molar-refractivity contribution is 0.613. The number of anilines is 3. The number of pyridine rings is 1. The van der Waals surface area contributed by atoms with Gasteiger partial charge in [-0.1, -0.05) is 0 Å². The fourth-order valence-electron chi connectivity index (χ4n) is 1.39. The Hall–Kier alpha value is -0.760. The summed E-state index contributed by atoms with van der Waals surface area (Å²) in [7, 11) is 0. The van der Waals surface area contributed by atoms with E-state index in [9.17, 15) is 0 Å². The lowest BCUT2D eigenvalue weighted by atomic mass is 10.3. The fourth-order valence-corrected chi connectivity index (χ4v) is 2.11. The monoisotopic (exact) mass is 305 g/mol. The van der Waals surface area contributed by atoms with E-state index in [-0.39, 0.29) is 0 Å². The topological polar surface area (TPSA) is 57.4 Å². The highest BCUT2D eigenvalue weighted by Crippen LogP contribution is 2.38. The van der Waals surface area contributed by atoms with Crippen molar-refractivity contribution in [1.29, 1.82) is 0 Å². The molecule has 0 fully saturated rings. The van der Waals surface area contributed by atoms with Crippen molar-refractivity contribution in [3.63, 3.8) is 0 Å². The average Bonchev–Trinajstić information content (AvgIpc) is 2.45. The SMILES string of the molecule is CC(C)N1NN(I)c2c(N)ccnc21. The molecule has 0 aliphatic carbocycles. The third-order valence-electron chi connectivity index (χ3n) is 2.07. The molecule has 0 radical (unpaired) electrons. The molecule has 2 heterocycles. The minimum Gasteiger partial charge on any atom is -0.397 e. The summed E-state index contributed by atoms with van der Waals surface area (Å²) in [6, 6.07) is 2.14. The quantitative estimate of drug-likeness (QED) is 0.608. The van der Waals surface area contributed by atoms with E-state index in [0.29, 0.717) is 6.04 Å². The van der Waals surface area contributed by atoms with Crippen LogP contribution in [0.1, 0.15) is 13.8 Å². The maximum absolute atomic E-state index is 5.87. The molecule has 1 aromatic rings. The normalized spacial score (nSPS) is 15.1. The first-order chi connectivity index (χ1) is 6.61. The van der Waals surface area contributed by atoms with Crippen molar-refractivity contribution in [2.75, 3.05) is 14.0 Å². The standard InChI is InChI=1S/C8H12IN5/c1-5(2)13-8-7(14(9)12-13)6(10)3-4-11-8/h3-5,12H,1-2H3,(H2,10,11). The van der Waals surface area contributed by atoms with Crippen LogP contribution in [-0.4, -0.2) is 11.0 Å². The Balaban J connectivity index is 2.49. The van der Waals surface area contributed by atoms with Crippen LogP contribution < -0.4 is 19.5 Å². The lowest BCUT2D eigenvalue weighted by Crippen LogP contribution is -2.44. The second-order valence-electron chi connectivity index (χ2n) is 3.42. The smallest absolute Gasteiger partial charge is 0.172 e. The number of hydrogen-bond acceptors (Lipinski definition) is 5. The van der Waals surface area contributed by atoms with E-state index in [1.54, 1.807) is 12.3 Å². The van der Waals surface area contributed by atoms with E-state index < -0.39 is 0 Å². The van der Waals surface area contributed by atoms with E-state index in [1.165, 1.54) is 0 Å². The zero-order valence-corrected chi connectivity index (χ0v) is 10.2. The molecule has 0 spiro atoms. The summed E-state index contributed by atoms with van der Waals surface area (Å²) in [4.78, 5) is 4.31. The van der Waals surface area contributed by atoms with Gasteiger partial charge in [-0.3, -0.25) is 5.01 Å². The van der Waals surface area contributed by atoms with Gasteiger partial charge in [0, 0.05) is 12.2 Å². The Morgan fingerprint density at radius 2 is 2.29 bits per heavy atom. The van der Waals surface area contributed by atoms with Gasteiger partial charge in [0.1, 0.15) is 5.69 Å². The largest absolute Gasteiger partial charge is 0.397 e. The van der Waals surface area contributed by atoms with Crippen LogP contribution in [0.3, 0.4) is 0 Å². The van der Waals surface area contributed by atoms with Gasteiger partial charge in [-0.05, 0) is 19.9 Å². The van der Waals surface area contributed by atoms with Gasteiger partial charge in [0.15, 0.2) is 5.82 Å². The molecule has 0 bridgehead atoms. The van der Waals surface area contributed by atoms with E-state index in [1.807, 2.05) is 8.23 Å². The molecule has 2 rings (SSSR count). The molecule has 0 aromatic carbocycles. The van der Waals surface area contributed by atoms with Gasteiger partial charge in [-0.15, -0.1) is 5.53 Å². The van der Waals surface area contributed by atoms with E-state index >= 15 is 0 Å². The molecular weight excluding hydrogens is 293 g/mol. The molecule has 0 unspecified atom stereocenters.